The van der Waals surface area contributed by atoms with Gasteiger partial charge in [0.2, 0.25) is 5.65 Å². The fraction of sp³-hybridized carbons (Fsp3) is 0.278. The molecular weight excluding hydrogens is 372 g/mol. The Balaban J connectivity index is 1.32. The van der Waals surface area contributed by atoms with E-state index in [1.165, 1.54) is 11.0 Å². The van der Waals surface area contributed by atoms with E-state index in [2.05, 4.69) is 35.6 Å². The molecule has 4 aromatic rings. The highest BCUT2D eigenvalue weighted by molar-refractivity contribution is 5.95. The highest BCUT2D eigenvalue weighted by Crippen LogP contribution is 2.20. The number of rotatable bonds is 3. The number of tetrazole rings is 1. The van der Waals surface area contributed by atoms with E-state index >= 15 is 0 Å². The standard InChI is InChI=1S/C18H18N10O/c1-13-21-22-17-16(19-5-6-27(13)17)25-7-9-26(10-8-25)18(29)14-3-2-4-15(11-14)28-12-20-23-24-28/h2-6,11-12H,7-10H2,1H3. The van der Waals surface area contributed by atoms with Crippen molar-refractivity contribution in [3.63, 3.8) is 0 Å². The maximum Gasteiger partial charge on any atom is 0.254 e. The first kappa shape index (κ1) is 17.2. The van der Waals surface area contributed by atoms with Crippen molar-refractivity contribution < 1.29 is 4.79 Å². The predicted octanol–water partition coefficient (Wildman–Crippen LogP) is 0.371. The van der Waals surface area contributed by atoms with Crippen LogP contribution in [-0.2, 0) is 0 Å². The first-order valence-corrected chi connectivity index (χ1v) is 9.25. The Morgan fingerprint density at radius 1 is 1.10 bits per heavy atom. The lowest BCUT2D eigenvalue weighted by molar-refractivity contribution is 0.0746. The smallest absolute Gasteiger partial charge is 0.254 e. The average Bonchev–Trinajstić information content (AvgIpc) is 3.44. The van der Waals surface area contributed by atoms with Gasteiger partial charge in [0.1, 0.15) is 12.2 Å². The van der Waals surface area contributed by atoms with Gasteiger partial charge in [-0.1, -0.05) is 6.07 Å². The van der Waals surface area contributed by atoms with E-state index in [4.69, 9.17) is 0 Å². The number of aromatic nitrogens is 8. The molecule has 3 aromatic heterocycles. The van der Waals surface area contributed by atoms with Gasteiger partial charge in [-0.2, -0.15) is 0 Å². The number of anilines is 1. The van der Waals surface area contributed by atoms with Crippen LogP contribution in [0, 0.1) is 6.92 Å². The van der Waals surface area contributed by atoms with Gasteiger partial charge in [0.25, 0.3) is 5.91 Å². The van der Waals surface area contributed by atoms with Crippen LogP contribution < -0.4 is 4.90 Å². The molecule has 4 heterocycles. The third-order valence-corrected chi connectivity index (χ3v) is 5.05. The molecule has 11 nitrogen and oxygen atoms in total. The Labute approximate surface area is 165 Å². The lowest BCUT2D eigenvalue weighted by Crippen LogP contribution is -2.49. The van der Waals surface area contributed by atoms with E-state index in [-0.39, 0.29) is 5.91 Å². The molecule has 146 valence electrons. The number of aryl methyl sites for hydroxylation is 1. The maximum atomic E-state index is 13.0. The Bertz CT molecular complexity index is 1160. The van der Waals surface area contributed by atoms with Gasteiger partial charge in [0, 0.05) is 44.1 Å². The van der Waals surface area contributed by atoms with Crippen LogP contribution >= 0.6 is 0 Å². The first-order chi connectivity index (χ1) is 14.2. The zero-order chi connectivity index (χ0) is 19.8. The highest BCUT2D eigenvalue weighted by Gasteiger charge is 2.25. The summed E-state index contributed by atoms with van der Waals surface area (Å²) < 4.78 is 3.45. The van der Waals surface area contributed by atoms with Crippen molar-refractivity contribution in [2.24, 2.45) is 0 Å². The summed E-state index contributed by atoms with van der Waals surface area (Å²) in [5.41, 5.74) is 2.09. The second-order valence-electron chi connectivity index (χ2n) is 6.78. The lowest BCUT2D eigenvalue weighted by Gasteiger charge is -2.35. The van der Waals surface area contributed by atoms with E-state index in [0.717, 1.165) is 23.0 Å². The van der Waals surface area contributed by atoms with E-state index in [9.17, 15) is 4.79 Å². The van der Waals surface area contributed by atoms with Crippen LogP contribution in [-0.4, -0.2) is 76.8 Å². The minimum Gasteiger partial charge on any atom is -0.350 e. The van der Waals surface area contributed by atoms with E-state index in [1.54, 1.807) is 12.3 Å². The highest BCUT2D eigenvalue weighted by atomic mass is 16.2. The Kier molecular flexibility index (Phi) is 4.12. The molecule has 1 aliphatic rings. The molecule has 0 N–H and O–H groups in total. The van der Waals surface area contributed by atoms with Crippen LogP contribution in [0.4, 0.5) is 5.82 Å². The zero-order valence-electron chi connectivity index (χ0n) is 15.8. The molecule has 1 aromatic carbocycles. The number of benzene rings is 1. The molecule has 1 aliphatic heterocycles. The number of hydrogen-bond donors (Lipinski definition) is 0. The van der Waals surface area contributed by atoms with Gasteiger partial charge < -0.3 is 9.80 Å². The Morgan fingerprint density at radius 3 is 2.76 bits per heavy atom. The van der Waals surface area contributed by atoms with Crippen molar-refractivity contribution in [3.8, 4) is 5.69 Å². The van der Waals surface area contributed by atoms with Crippen molar-refractivity contribution in [3.05, 3.63) is 54.4 Å². The third-order valence-electron chi connectivity index (χ3n) is 5.05. The predicted molar refractivity (Wildman–Crippen MR) is 103 cm³/mol. The first-order valence-electron chi connectivity index (χ1n) is 9.25. The number of hydrogen-bond acceptors (Lipinski definition) is 8. The van der Waals surface area contributed by atoms with Crippen molar-refractivity contribution in [2.75, 3.05) is 31.1 Å². The average molecular weight is 390 g/mol. The van der Waals surface area contributed by atoms with Crippen molar-refractivity contribution in [1.29, 1.82) is 0 Å². The number of nitrogens with zero attached hydrogens (tertiary/aromatic N) is 10. The summed E-state index contributed by atoms with van der Waals surface area (Å²) in [5, 5.41) is 19.5. The maximum absolute atomic E-state index is 13.0. The SMILES string of the molecule is Cc1nnc2c(N3CCN(C(=O)c4cccc(-n5cnnn5)c4)CC3)nccn12. The number of carbonyl (C=O) groups is 1. The van der Waals surface area contributed by atoms with Crippen molar-refractivity contribution in [2.45, 2.75) is 6.92 Å². The summed E-state index contributed by atoms with van der Waals surface area (Å²) in [6.45, 7) is 4.46. The van der Waals surface area contributed by atoms with Gasteiger partial charge in [-0.25, -0.2) is 9.67 Å². The number of amides is 1. The quantitative estimate of drug-likeness (QED) is 0.493. The summed E-state index contributed by atoms with van der Waals surface area (Å²) in [6, 6.07) is 7.30. The Hall–Kier alpha value is -3.89. The third kappa shape index (κ3) is 3.06. The molecule has 1 fully saturated rings. The number of piperazine rings is 1. The minimum atomic E-state index is -0.0101. The second-order valence-corrected chi connectivity index (χ2v) is 6.78. The minimum absolute atomic E-state index is 0.0101. The normalized spacial score (nSPS) is 14.5. The van der Waals surface area contributed by atoms with Gasteiger partial charge >= 0.3 is 0 Å². The topological polar surface area (TPSA) is 110 Å². The fourth-order valence-corrected chi connectivity index (χ4v) is 3.52. The molecule has 0 unspecified atom stereocenters. The van der Waals surface area contributed by atoms with Crippen LogP contribution in [0.2, 0.25) is 0 Å². The molecule has 1 saturated heterocycles. The monoisotopic (exact) mass is 390 g/mol. The molecular formula is C18H18N10O. The molecule has 1 amide bonds. The summed E-state index contributed by atoms with van der Waals surface area (Å²) in [7, 11) is 0. The molecule has 0 saturated carbocycles. The molecule has 0 aliphatic carbocycles. The van der Waals surface area contributed by atoms with Gasteiger partial charge in [0.05, 0.1) is 5.69 Å². The van der Waals surface area contributed by atoms with Gasteiger partial charge in [-0.05, 0) is 35.5 Å². The molecule has 0 atom stereocenters. The summed E-state index contributed by atoms with van der Waals surface area (Å²) in [5.74, 6) is 1.60. The zero-order valence-corrected chi connectivity index (χ0v) is 15.8. The van der Waals surface area contributed by atoms with Crippen LogP contribution in [0.15, 0.2) is 43.0 Å². The van der Waals surface area contributed by atoms with Crippen LogP contribution in [0.1, 0.15) is 16.2 Å². The largest absolute Gasteiger partial charge is 0.350 e. The van der Waals surface area contributed by atoms with Crippen LogP contribution in [0.3, 0.4) is 0 Å². The lowest BCUT2D eigenvalue weighted by atomic mass is 10.1. The summed E-state index contributed by atoms with van der Waals surface area (Å²) >= 11 is 0. The molecule has 0 bridgehead atoms. The molecule has 29 heavy (non-hydrogen) atoms. The van der Waals surface area contributed by atoms with E-state index in [0.29, 0.717) is 31.7 Å². The molecule has 0 spiro atoms. The molecule has 5 rings (SSSR count). The number of carbonyl (C=O) groups excluding carboxylic acids is 1. The second kappa shape index (κ2) is 6.93. The van der Waals surface area contributed by atoms with Gasteiger partial charge in [-0.3, -0.25) is 9.20 Å². The Morgan fingerprint density at radius 2 is 1.97 bits per heavy atom. The molecule has 0 radical (unpaired) electrons. The van der Waals surface area contributed by atoms with Crippen molar-refractivity contribution >= 4 is 17.4 Å². The fourth-order valence-electron chi connectivity index (χ4n) is 3.52. The van der Waals surface area contributed by atoms with Crippen LogP contribution in [0.5, 0.6) is 0 Å². The number of fused-ring (bicyclic) bond motifs is 1. The van der Waals surface area contributed by atoms with Crippen molar-refractivity contribution in [1.82, 2.24) is 44.7 Å². The van der Waals surface area contributed by atoms with Gasteiger partial charge in [-0.15, -0.1) is 15.3 Å². The van der Waals surface area contributed by atoms with Crippen LogP contribution in [0.25, 0.3) is 11.3 Å². The summed E-state index contributed by atoms with van der Waals surface area (Å²) in [4.78, 5) is 21.5. The summed E-state index contributed by atoms with van der Waals surface area (Å²) in [6.07, 6.45) is 5.11. The van der Waals surface area contributed by atoms with E-state index in [1.807, 2.05) is 40.6 Å². The van der Waals surface area contributed by atoms with Gasteiger partial charge in [0.15, 0.2) is 5.82 Å². The van der Waals surface area contributed by atoms with E-state index < -0.39 is 0 Å². The molecule has 11 heteroatoms.